The molecule has 0 rings (SSSR count). The van der Waals surface area contributed by atoms with Crippen LogP contribution in [0.15, 0.2) is 0 Å². The molecule has 28 heavy (non-hydrogen) atoms. The maximum atomic E-state index is 14.5. The van der Waals surface area contributed by atoms with Crippen molar-refractivity contribution >= 4 is 31.4 Å². The molecule has 0 spiro atoms. The van der Waals surface area contributed by atoms with E-state index in [2.05, 4.69) is 0 Å². The summed E-state index contributed by atoms with van der Waals surface area (Å²) in [5, 5.41) is -15.6. The largest absolute Gasteiger partial charge is 0.435 e. The normalized spacial score (nSPS) is 15.2. The van der Waals surface area contributed by atoms with Crippen molar-refractivity contribution in [1.82, 2.24) is 4.31 Å². The first-order chi connectivity index (χ1) is 11.9. The van der Waals surface area contributed by atoms with Crippen LogP contribution < -0.4 is 0 Å². The van der Waals surface area contributed by atoms with Gasteiger partial charge in [-0.3, -0.25) is 9.59 Å². The molecule has 0 aliphatic carbocycles. The van der Waals surface area contributed by atoms with Crippen LogP contribution in [0.3, 0.4) is 0 Å². The number of ketones is 2. The average Bonchev–Trinajstić information content (AvgIpc) is 2.43. The van der Waals surface area contributed by atoms with Crippen LogP contribution in [0.1, 0.15) is 41.5 Å². The van der Waals surface area contributed by atoms with Crippen molar-refractivity contribution in [3.05, 3.63) is 0 Å². The summed E-state index contributed by atoms with van der Waals surface area (Å²) in [4.78, 5) is 25.0. The number of halogens is 4. The zero-order valence-corrected chi connectivity index (χ0v) is 18.4. The molecule has 0 bridgehead atoms. The standard InChI is InChI=1S/C15H25F4NO6S2/c1-12(2,3)10(21)9(11(22)13(4,5)6)27(23,24)14(16,17)15(18,19)28(25,26)20(7)8/h9H,1-8H3. The summed E-state index contributed by atoms with van der Waals surface area (Å²) in [6.45, 7) is 6.67. The minimum atomic E-state index is -6.63. The monoisotopic (exact) mass is 455 g/mol. The van der Waals surface area contributed by atoms with Crippen LogP contribution in [0.2, 0.25) is 0 Å². The lowest BCUT2D eigenvalue weighted by atomic mass is 9.81. The van der Waals surface area contributed by atoms with Crippen LogP contribution in [-0.2, 0) is 29.4 Å². The van der Waals surface area contributed by atoms with Crippen molar-refractivity contribution in [3.8, 4) is 0 Å². The summed E-state index contributed by atoms with van der Waals surface area (Å²) in [5.41, 5.74) is -3.35. The number of rotatable bonds is 7. The highest BCUT2D eigenvalue weighted by Crippen LogP contribution is 2.46. The van der Waals surface area contributed by atoms with Gasteiger partial charge in [0.1, 0.15) is 0 Å². The topological polar surface area (TPSA) is 106 Å². The summed E-state index contributed by atoms with van der Waals surface area (Å²) in [7, 11) is -11.7. The smallest absolute Gasteiger partial charge is 0.297 e. The van der Waals surface area contributed by atoms with Gasteiger partial charge in [0.15, 0.2) is 16.8 Å². The van der Waals surface area contributed by atoms with E-state index in [9.17, 15) is 44.0 Å². The quantitative estimate of drug-likeness (QED) is 0.430. The molecule has 7 nitrogen and oxygen atoms in total. The highest BCUT2D eigenvalue weighted by molar-refractivity contribution is 7.97. The molecule has 0 heterocycles. The van der Waals surface area contributed by atoms with Gasteiger partial charge in [0.2, 0.25) is 9.84 Å². The Morgan fingerprint density at radius 1 is 0.714 bits per heavy atom. The molecule has 0 saturated carbocycles. The van der Waals surface area contributed by atoms with Gasteiger partial charge in [-0.05, 0) is 0 Å². The van der Waals surface area contributed by atoms with E-state index in [1.807, 2.05) is 0 Å². The molecule has 0 aromatic heterocycles. The van der Waals surface area contributed by atoms with Crippen LogP contribution >= 0.6 is 0 Å². The number of carbonyl (C=O) groups excluding carboxylic acids is 2. The second-order valence-corrected chi connectivity index (χ2v) is 12.7. The van der Waals surface area contributed by atoms with E-state index in [4.69, 9.17) is 0 Å². The predicted molar refractivity (Wildman–Crippen MR) is 94.1 cm³/mol. The van der Waals surface area contributed by atoms with Gasteiger partial charge >= 0.3 is 10.5 Å². The Morgan fingerprint density at radius 3 is 1.21 bits per heavy atom. The summed E-state index contributed by atoms with van der Waals surface area (Å²) in [6.07, 6.45) is 0. The first-order valence-corrected chi connectivity index (χ1v) is 10.9. The molecule has 0 fully saturated rings. The Morgan fingerprint density at radius 2 is 1.00 bits per heavy atom. The molecule has 0 unspecified atom stereocenters. The number of sulfonamides is 1. The Kier molecular flexibility index (Phi) is 7.03. The fourth-order valence-electron chi connectivity index (χ4n) is 1.88. The van der Waals surface area contributed by atoms with Gasteiger partial charge in [0, 0.05) is 24.9 Å². The van der Waals surface area contributed by atoms with Gasteiger partial charge in [-0.15, -0.1) is 0 Å². The molecule has 0 atom stereocenters. The van der Waals surface area contributed by atoms with Gasteiger partial charge in [0.05, 0.1) is 0 Å². The summed E-state index contributed by atoms with van der Waals surface area (Å²) in [5.74, 6) is -3.10. The number of nitrogens with zero attached hydrogens (tertiary/aromatic N) is 1. The van der Waals surface area contributed by atoms with E-state index in [0.29, 0.717) is 14.1 Å². The maximum absolute atomic E-state index is 14.5. The molecular weight excluding hydrogens is 430 g/mol. The van der Waals surface area contributed by atoms with Crippen molar-refractivity contribution in [1.29, 1.82) is 0 Å². The predicted octanol–water partition coefficient (Wildman–Crippen LogP) is 2.08. The van der Waals surface area contributed by atoms with Crippen molar-refractivity contribution in [2.75, 3.05) is 14.1 Å². The van der Waals surface area contributed by atoms with Crippen LogP contribution in [0.5, 0.6) is 0 Å². The van der Waals surface area contributed by atoms with E-state index >= 15 is 0 Å². The third-order valence-electron chi connectivity index (χ3n) is 3.77. The molecule has 0 aliphatic rings. The first kappa shape index (κ1) is 26.9. The molecule has 13 heteroatoms. The Labute approximate surface area is 162 Å². The highest BCUT2D eigenvalue weighted by Gasteiger charge is 2.76. The lowest BCUT2D eigenvalue weighted by molar-refractivity contribution is -0.135. The Balaban J connectivity index is 6.99. The van der Waals surface area contributed by atoms with Crippen molar-refractivity contribution < 1.29 is 44.0 Å². The summed E-state index contributed by atoms with van der Waals surface area (Å²) >= 11 is 0. The van der Waals surface area contributed by atoms with Gasteiger partial charge in [-0.1, -0.05) is 41.5 Å². The zero-order chi connectivity index (χ0) is 23.3. The number of hydrogen-bond acceptors (Lipinski definition) is 6. The van der Waals surface area contributed by atoms with Gasteiger partial charge in [-0.2, -0.15) is 17.6 Å². The molecule has 0 aromatic carbocycles. The molecule has 166 valence electrons. The molecular formula is C15H25F4NO6S2. The van der Waals surface area contributed by atoms with Crippen LogP contribution in [-0.4, -0.2) is 62.6 Å². The van der Waals surface area contributed by atoms with Crippen molar-refractivity contribution in [2.45, 2.75) is 57.3 Å². The van der Waals surface area contributed by atoms with Gasteiger partial charge in [0.25, 0.3) is 10.0 Å². The highest BCUT2D eigenvalue weighted by atomic mass is 32.2. The molecule has 0 aromatic rings. The number of Topliss-reactive ketones (excluding diaryl/α,β-unsaturated/α-hetero) is 2. The fraction of sp³-hybridized carbons (Fsp3) is 0.867. The number of carbonyl (C=O) groups is 2. The van der Waals surface area contributed by atoms with Crippen molar-refractivity contribution in [2.24, 2.45) is 10.8 Å². The SMILES string of the molecule is CN(C)S(=O)(=O)C(F)(F)C(F)(F)S(=O)(=O)C(C(=O)C(C)(C)C)C(=O)C(C)(C)C. The maximum Gasteiger partial charge on any atom is 0.435 e. The fourth-order valence-corrected chi connectivity index (χ4v) is 5.20. The lowest BCUT2D eigenvalue weighted by Crippen LogP contribution is -2.61. The molecule has 0 aliphatic heterocycles. The van der Waals surface area contributed by atoms with Crippen LogP contribution in [0.4, 0.5) is 17.6 Å². The molecule has 0 amide bonds. The minimum Gasteiger partial charge on any atom is -0.297 e. The number of alkyl halides is 4. The van der Waals surface area contributed by atoms with E-state index in [0.717, 1.165) is 41.5 Å². The van der Waals surface area contributed by atoms with E-state index in [1.165, 1.54) is 0 Å². The zero-order valence-electron chi connectivity index (χ0n) is 16.8. The molecule has 0 radical (unpaired) electrons. The first-order valence-electron chi connectivity index (χ1n) is 7.88. The lowest BCUT2D eigenvalue weighted by Gasteiger charge is -2.33. The van der Waals surface area contributed by atoms with Gasteiger partial charge < -0.3 is 0 Å². The summed E-state index contributed by atoms with van der Waals surface area (Å²) in [6, 6.07) is 0. The number of sulfone groups is 1. The minimum absolute atomic E-state index is 0.275. The number of hydrogen-bond donors (Lipinski definition) is 0. The van der Waals surface area contributed by atoms with Crippen LogP contribution in [0, 0.1) is 10.8 Å². The third kappa shape index (κ3) is 4.25. The van der Waals surface area contributed by atoms with E-state index in [1.54, 1.807) is 0 Å². The Hall–Kier alpha value is -1.08. The molecule has 0 N–H and O–H groups in total. The third-order valence-corrected chi connectivity index (χ3v) is 7.78. The second-order valence-electron chi connectivity index (χ2n) is 8.47. The summed E-state index contributed by atoms with van der Waals surface area (Å²) < 4.78 is 106. The van der Waals surface area contributed by atoms with Crippen LogP contribution in [0.25, 0.3) is 0 Å². The van der Waals surface area contributed by atoms with Gasteiger partial charge in [-0.25, -0.2) is 21.1 Å². The molecule has 0 saturated heterocycles. The van der Waals surface area contributed by atoms with E-state index < -0.39 is 58.0 Å². The second kappa shape index (κ2) is 7.31. The Bertz CT molecular complexity index is 824. The van der Waals surface area contributed by atoms with E-state index in [-0.39, 0.29) is 4.31 Å². The average molecular weight is 455 g/mol. The van der Waals surface area contributed by atoms with Crippen molar-refractivity contribution in [3.63, 3.8) is 0 Å².